The van der Waals surface area contributed by atoms with E-state index < -0.39 is 5.60 Å². The molecule has 2 fully saturated rings. The van der Waals surface area contributed by atoms with Gasteiger partial charge in [-0.15, -0.1) is 0 Å². The highest BCUT2D eigenvalue weighted by molar-refractivity contribution is 5.77. The van der Waals surface area contributed by atoms with Gasteiger partial charge in [0.25, 0.3) is 0 Å². The van der Waals surface area contributed by atoms with Crippen LogP contribution in [0.1, 0.15) is 51.4 Å². The van der Waals surface area contributed by atoms with Crippen molar-refractivity contribution in [2.45, 2.75) is 69.1 Å². The van der Waals surface area contributed by atoms with Gasteiger partial charge in [0.1, 0.15) is 0 Å². The number of rotatable bonds is 4. The predicted octanol–water partition coefficient (Wildman–Crippen LogP) is 1.28. The molecule has 0 bridgehead atoms. The van der Waals surface area contributed by atoms with Crippen LogP contribution in [0.5, 0.6) is 0 Å². The summed E-state index contributed by atoms with van der Waals surface area (Å²) in [6, 6.07) is 0.889. The van der Waals surface area contributed by atoms with E-state index >= 15 is 0 Å². The van der Waals surface area contributed by atoms with E-state index in [9.17, 15) is 9.90 Å². The van der Waals surface area contributed by atoms with Crippen LogP contribution >= 0.6 is 0 Å². The molecule has 2 rings (SSSR count). The van der Waals surface area contributed by atoms with Gasteiger partial charge in [0.05, 0.1) is 12.0 Å². The van der Waals surface area contributed by atoms with Gasteiger partial charge in [-0.05, 0) is 46.2 Å². The third kappa shape index (κ3) is 3.45. The van der Waals surface area contributed by atoms with Gasteiger partial charge in [0.2, 0.25) is 5.91 Å². The summed E-state index contributed by atoms with van der Waals surface area (Å²) < 4.78 is 0. The van der Waals surface area contributed by atoms with Crippen LogP contribution in [0, 0.1) is 0 Å². The molecule has 4 nitrogen and oxygen atoms in total. The summed E-state index contributed by atoms with van der Waals surface area (Å²) in [4.78, 5) is 14.2. The normalized spacial score (nSPS) is 30.9. The quantitative estimate of drug-likeness (QED) is 0.794. The molecule has 0 aromatic carbocycles. The summed E-state index contributed by atoms with van der Waals surface area (Å²) in [6.45, 7) is 0. The Kier molecular flexibility index (Phi) is 4.28. The highest BCUT2D eigenvalue weighted by atomic mass is 16.3. The van der Waals surface area contributed by atoms with Crippen LogP contribution < -0.4 is 5.32 Å². The van der Waals surface area contributed by atoms with Crippen LogP contribution in [0.3, 0.4) is 0 Å². The maximum atomic E-state index is 12.0. The lowest BCUT2D eigenvalue weighted by Crippen LogP contribution is -2.39. The summed E-state index contributed by atoms with van der Waals surface area (Å²) in [6.07, 6.45) is 7.21. The second-order valence-electron chi connectivity index (χ2n) is 6.30. The Hall–Kier alpha value is -0.610. The summed E-state index contributed by atoms with van der Waals surface area (Å²) in [5.74, 6) is 0.0313. The minimum absolute atomic E-state index is 0.0313. The molecule has 2 aliphatic carbocycles. The van der Waals surface area contributed by atoms with Gasteiger partial charge in [-0.25, -0.2) is 0 Å². The van der Waals surface area contributed by atoms with Crippen molar-refractivity contribution < 1.29 is 9.90 Å². The van der Waals surface area contributed by atoms with Crippen LogP contribution in [0.4, 0.5) is 0 Å². The number of hydrogen-bond acceptors (Lipinski definition) is 3. The standard InChI is InChI=1S/C14H26N2O2/c1-16(2)12-6-5-11(9-12)15-13(17)10-14(18)7-3-4-8-14/h11-12,18H,3-10H2,1-2H3,(H,15,17). The first-order valence-corrected chi connectivity index (χ1v) is 7.17. The van der Waals surface area contributed by atoms with E-state index in [2.05, 4.69) is 24.3 Å². The highest BCUT2D eigenvalue weighted by Crippen LogP contribution is 2.32. The molecule has 1 amide bonds. The third-order valence-electron chi connectivity index (χ3n) is 4.52. The molecule has 4 heteroatoms. The van der Waals surface area contributed by atoms with E-state index in [1.54, 1.807) is 0 Å². The average Bonchev–Trinajstić information content (AvgIpc) is 2.87. The molecule has 0 saturated heterocycles. The molecule has 0 aromatic rings. The van der Waals surface area contributed by atoms with Crippen molar-refractivity contribution in [2.75, 3.05) is 14.1 Å². The Morgan fingerprint density at radius 1 is 1.33 bits per heavy atom. The number of carbonyl (C=O) groups excluding carboxylic acids is 1. The van der Waals surface area contributed by atoms with Crippen molar-refractivity contribution in [3.05, 3.63) is 0 Å². The summed E-state index contributed by atoms with van der Waals surface area (Å²) in [5, 5.41) is 13.3. The summed E-state index contributed by atoms with van der Waals surface area (Å²) in [7, 11) is 4.19. The number of hydrogen-bond donors (Lipinski definition) is 2. The van der Waals surface area contributed by atoms with E-state index in [0.717, 1.165) is 44.9 Å². The molecule has 2 atom stereocenters. The Morgan fingerprint density at radius 3 is 2.56 bits per heavy atom. The van der Waals surface area contributed by atoms with Crippen LogP contribution in [0.2, 0.25) is 0 Å². The Bertz CT molecular complexity index is 298. The lowest BCUT2D eigenvalue weighted by Gasteiger charge is -2.23. The van der Waals surface area contributed by atoms with E-state index in [-0.39, 0.29) is 12.3 Å². The molecule has 0 aliphatic heterocycles. The molecule has 18 heavy (non-hydrogen) atoms. The fourth-order valence-electron chi connectivity index (χ4n) is 3.35. The molecule has 2 saturated carbocycles. The zero-order valence-electron chi connectivity index (χ0n) is 11.6. The number of nitrogens with zero attached hydrogens (tertiary/aromatic N) is 1. The van der Waals surface area contributed by atoms with Crippen LogP contribution in [0.15, 0.2) is 0 Å². The lowest BCUT2D eigenvalue weighted by atomic mass is 9.97. The molecular weight excluding hydrogens is 228 g/mol. The molecule has 2 N–H and O–H groups in total. The number of nitrogens with one attached hydrogen (secondary N) is 1. The number of aliphatic hydroxyl groups is 1. The maximum absolute atomic E-state index is 12.0. The molecule has 0 aromatic heterocycles. The first-order valence-electron chi connectivity index (χ1n) is 7.17. The van der Waals surface area contributed by atoms with Gasteiger partial charge in [0, 0.05) is 12.1 Å². The van der Waals surface area contributed by atoms with Crippen molar-refractivity contribution >= 4 is 5.91 Å². The zero-order chi connectivity index (χ0) is 13.2. The topological polar surface area (TPSA) is 52.6 Å². The van der Waals surface area contributed by atoms with Crippen molar-refractivity contribution in [3.63, 3.8) is 0 Å². The molecule has 2 aliphatic rings. The second-order valence-corrected chi connectivity index (χ2v) is 6.30. The zero-order valence-corrected chi connectivity index (χ0v) is 11.6. The first-order chi connectivity index (χ1) is 8.48. The van der Waals surface area contributed by atoms with E-state index in [0.29, 0.717) is 12.1 Å². The van der Waals surface area contributed by atoms with Crippen molar-refractivity contribution in [1.29, 1.82) is 0 Å². The van der Waals surface area contributed by atoms with Crippen molar-refractivity contribution in [1.82, 2.24) is 10.2 Å². The number of carbonyl (C=O) groups is 1. The molecule has 2 unspecified atom stereocenters. The lowest BCUT2D eigenvalue weighted by molar-refractivity contribution is -0.126. The Morgan fingerprint density at radius 2 is 2.00 bits per heavy atom. The smallest absolute Gasteiger partial charge is 0.223 e. The minimum atomic E-state index is -0.719. The summed E-state index contributed by atoms with van der Waals surface area (Å²) >= 11 is 0. The monoisotopic (exact) mass is 254 g/mol. The minimum Gasteiger partial charge on any atom is -0.389 e. The highest BCUT2D eigenvalue weighted by Gasteiger charge is 2.34. The third-order valence-corrected chi connectivity index (χ3v) is 4.52. The van der Waals surface area contributed by atoms with E-state index in [1.807, 2.05) is 0 Å². The van der Waals surface area contributed by atoms with Gasteiger partial charge in [-0.3, -0.25) is 4.79 Å². The van der Waals surface area contributed by atoms with Crippen LogP contribution in [0.25, 0.3) is 0 Å². The van der Waals surface area contributed by atoms with Gasteiger partial charge < -0.3 is 15.3 Å². The first kappa shape index (κ1) is 13.8. The van der Waals surface area contributed by atoms with E-state index in [1.165, 1.54) is 0 Å². The predicted molar refractivity (Wildman–Crippen MR) is 71.3 cm³/mol. The van der Waals surface area contributed by atoms with Gasteiger partial charge >= 0.3 is 0 Å². The fraction of sp³-hybridized carbons (Fsp3) is 0.929. The molecule has 0 radical (unpaired) electrons. The SMILES string of the molecule is CN(C)C1CCC(NC(=O)CC2(O)CCCC2)C1. The molecule has 0 heterocycles. The van der Waals surface area contributed by atoms with Crippen molar-refractivity contribution in [2.24, 2.45) is 0 Å². The van der Waals surface area contributed by atoms with Crippen molar-refractivity contribution in [3.8, 4) is 0 Å². The van der Waals surface area contributed by atoms with Crippen LogP contribution in [-0.4, -0.2) is 47.7 Å². The van der Waals surface area contributed by atoms with Gasteiger partial charge in [0.15, 0.2) is 0 Å². The number of amides is 1. The van der Waals surface area contributed by atoms with Gasteiger partial charge in [-0.2, -0.15) is 0 Å². The van der Waals surface area contributed by atoms with Crippen LogP contribution in [-0.2, 0) is 4.79 Å². The molecule has 0 spiro atoms. The second kappa shape index (κ2) is 5.57. The van der Waals surface area contributed by atoms with E-state index in [4.69, 9.17) is 0 Å². The fourth-order valence-corrected chi connectivity index (χ4v) is 3.35. The maximum Gasteiger partial charge on any atom is 0.223 e. The Labute approximate surface area is 110 Å². The van der Waals surface area contributed by atoms with Gasteiger partial charge in [-0.1, -0.05) is 12.8 Å². The Balaban J connectivity index is 1.75. The average molecular weight is 254 g/mol. The largest absolute Gasteiger partial charge is 0.389 e. The molecule has 104 valence electrons. The molecular formula is C14H26N2O2. The summed E-state index contributed by atoms with van der Waals surface area (Å²) in [5.41, 5.74) is -0.719.